The molecule has 0 bridgehead atoms. The molecule has 116 valence electrons. The Kier molecular flexibility index (Phi) is 5.59. The van der Waals surface area contributed by atoms with E-state index < -0.39 is 0 Å². The van der Waals surface area contributed by atoms with Gasteiger partial charge in [-0.15, -0.1) is 0 Å². The summed E-state index contributed by atoms with van der Waals surface area (Å²) in [6.45, 7) is 6.13. The van der Waals surface area contributed by atoms with Crippen LogP contribution >= 0.6 is 0 Å². The van der Waals surface area contributed by atoms with Gasteiger partial charge >= 0.3 is 0 Å². The summed E-state index contributed by atoms with van der Waals surface area (Å²) in [6.07, 6.45) is 2.05. The number of hydrogen-bond donors (Lipinski definition) is 1. The van der Waals surface area contributed by atoms with Crippen LogP contribution in [0, 0.1) is 6.92 Å². The summed E-state index contributed by atoms with van der Waals surface area (Å²) in [5.41, 5.74) is 2.35. The minimum Gasteiger partial charge on any atom is -0.488 e. The Hall–Kier alpha value is -2.29. The Morgan fingerprint density at radius 3 is 2.36 bits per heavy atom. The van der Waals surface area contributed by atoms with Crippen LogP contribution < -0.4 is 10.1 Å². The summed E-state index contributed by atoms with van der Waals surface area (Å²) in [6, 6.07) is 15.1. The zero-order chi connectivity index (χ0) is 15.9. The molecule has 3 nitrogen and oxygen atoms in total. The van der Waals surface area contributed by atoms with Gasteiger partial charge in [-0.1, -0.05) is 44.2 Å². The third-order valence-corrected chi connectivity index (χ3v) is 3.73. The fraction of sp³-hybridized carbons (Fsp3) is 0.316. The molecule has 0 aliphatic heterocycles. The van der Waals surface area contributed by atoms with E-state index in [-0.39, 0.29) is 12.0 Å². The number of benzene rings is 2. The molecule has 1 amide bonds. The number of hydrogen-bond acceptors (Lipinski definition) is 2. The molecule has 1 N–H and O–H groups in total. The van der Waals surface area contributed by atoms with Gasteiger partial charge in [0.05, 0.1) is 11.8 Å². The Labute approximate surface area is 132 Å². The normalized spacial score (nSPS) is 10.5. The van der Waals surface area contributed by atoms with Gasteiger partial charge < -0.3 is 10.1 Å². The van der Waals surface area contributed by atoms with Crippen LogP contribution in [0.15, 0.2) is 48.5 Å². The molecule has 0 saturated heterocycles. The van der Waals surface area contributed by atoms with Crippen LogP contribution in [0.25, 0.3) is 0 Å². The molecule has 0 aliphatic rings. The number of carbonyl (C=O) groups excluding carboxylic acids is 1. The average Bonchev–Trinajstić information content (AvgIpc) is 2.54. The van der Waals surface area contributed by atoms with Crippen molar-refractivity contribution < 1.29 is 9.53 Å². The number of ether oxygens (including phenoxy) is 1. The molecule has 2 aromatic carbocycles. The molecule has 0 unspecified atom stereocenters. The maximum atomic E-state index is 12.4. The van der Waals surface area contributed by atoms with Crippen LogP contribution in [0.3, 0.4) is 0 Å². The van der Waals surface area contributed by atoms with E-state index in [2.05, 4.69) is 19.2 Å². The second-order valence-corrected chi connectivity index (χ2v) is 5.32. The van der Waals surface area contributed by atoms with E-state index in [0.717, 1.165) is 24.2 Å². The first-order valence-electron chi connectivity index (χ1n) is 7.78. The molecule has 0 spiro atoms. The fourth-order valence-corrected chi connectivity index (χ4v) is 2.32. The molecule has 0 aromatic heterocycles. The van der Waals surface area contributed by atoms with Crippen molar-refractivity contribution in [2.45, 2.75) is 39.7 Å². The number of carbonyl (C=O) groups is 1. The first kappa shape index (κ1) is 16.1. The number of aryl methyl sites for hydroxylation is 1. The summed E-state index contributed by atoms with van der Waals surface area (Å²) in [7, 11) is 0. The Morgan fingerprint density at radius 1 is 1.05 bits per heavy atom. The van der Waals surface area contributed by atoms with Crippen molar-refractivity contribution in [3.63, 3.8) is 0 Å². The lowest BCUT2D eigenvalue weighted by atomic mass is 10.1. The van der Waals surface area contributed by atoms with Crippen molar-refractivity contribution in [1.82, 2.24) is 0 Å². The Bertz CT molecular complexity index is 633. The third-order valence-electron chi connectivity index (χ3n) is 3.73. The fourth-order valence-electron chi connectivity index (χ4n) is 2.32. The minimum absolute atomic E-state index is 0.112. The maximum Gasteiger partial charge on any atom is 0.256 e. The minimum atomic E-state index is -0.112. The molecule has 0 heterocycles. The molecule has 0 saturated carbocycles. The first-order chi connectivity index (χ1) is 10.7. The smallest absolute Gasteiger partial charge is 0.256 e. The summed E-state index contributed by atoms with van der Waals surface area (Å²) in [5, 5.41) is 2.96. The Morgan fingerprint density at radius 2 is 1.68 bits per heavy atom. The first-order valence-corrected chi connectivity index (χ1v) is 7.78. The molecular weight excluding hydrogens is 274 g/mol. The van der Waals surface area contributed by atoms with Crippen molar-refractivity contribution in [1.29, 1.82) is 0 Å². The lowest BCUT2D eigenvalue weighted by Crippen LogP contribution is -2.17. The molecule has 0 radical (unpaired) electrons. The van der Waals surface area contributed by atoms with Crippen LogP contribution in [0.1, 0.15) is 42.6 Å². The van der Waals surface area contributed by atoms with E-state index in [1.165, 1.54) is 0 Å². The highest BCUT2D eigenvalue weighted by molar-refractivity contribution is 6.05. The van der Waals surface area contributed by atoms with Crippen molar-refractivity contribution in [3.05, 3.63) is 59.7 Å². The standard InChI is InChI=1S/C19H23NO2/c1-4-15(5-2)22-18-13-9-8-12-17(18)20-19(21)16-11-7-6-10-14(16)3/h6-13,15H,4-5H2,1-3H3,(H,20,21). The van der Waals surface area contributed by atoms with Gasteiger partial charge in [0.15, 0.2) is 0 Å². The van der Waals surface area contributed by atoms with Gasteiger partial charge in [-0.3, -0.25) is 4.79 Å². The van der Waals surface area contributed by atoms with E-state index in [1.54, 1.807) is 0 Å². The van der Waals surface area contributed by atoms with E-state index in [1.807, 2.05) is 55.5 Å². The lowest BCUT2D eigenvalue weighted by molar-refractivity contribution is 0.102. The van der Waals surface area contributed by atoms with Crippen molar-refractivity contribution in [2.24, 2.45) is 0 Å². The van der Waals surface area contributed by atoms with Gasteiger partial charge in [-0.05, 0) is 43.5 Å². The number of amides is 1. The van der Waals surface area contributed by atoms with Gasteiger partial charge in [0.25, 0.3) is 5.91 Å². The summed E-state index contributed by atoms with van der Waals surface area (Å²) >= 11 is 0. The third kappa shape index (κ3) is 3.88. The average molecular weight is 297 g/mol. The largest absolute Gasteiger partial charge is 0.488 e. The quantitative estimate of drug-likeness (QED) is 0.830. The van der Waals surface area contributed by atoms with Crippen LogP contribution in [-0.2, 0) is 0 Å². The Balaban J connectivity index is 2.19. The molecular formula is C19H23NO2. The van der Waals surface area contributed by atoms with Crippen molar-refractivity contribution in [2.75, 3.05) is 5.32 Å². The summed E-state index contributed by atoms with van der Waals surface area (Å²) < 4.78 is 6.00. The maximum absolute atomic E-state index is 12.4. The van der Waals surface area contributed by atoms with Crippen LogP contribution in [0.2, 0.25) is 0 Å². The highest BCUT2D eigenvalue weighted by Crippen LogP contribution is 2.26. The van der Waals surface area contributed by atoms with Gasteiger partial charge in [-0.25, -0.2) is 0 Å². The lowest BCUT2D eigenvalue weighted by Gasteiger charge is -2.18. The highest BCUT2D eigenvalue weighted by atomic mass is 16.5. The molecule has 0 fully saturated rings. The second-order valence-electron chi connectivity index (χ2n) is 5.32. The number of rotatable bonds is 6. The monoisotopic (exact) mass is 297 g/mol. The molecule has 0 aliphatic carbocycles. The second kappa shape index (κ2) is 7.64. The van der Waals surface area contributed by atoms with Crippen molar-refractivity contribution >= 4 is 11.6 Å². The number of nitrogens with one attached hydrogen (secondary N) is 1. The molecule has 22 heavy (non-hydrogen) atoms. The topological polar surface area (TPSA) is 38.3 Å². The van der Waals surface area contributed by atoms with E-state index in [0.29, 0.717) is 11.3 Å². The zero-order valence-electron chi connectivity index (χ0n) is 13.4. The SMILES string of the molecule is CCC(CC)Oc1ccccc1NC(=O)c1ccccc1C. The number of para-hydroxylation sites is 2. The summed E-state index contributed by atoms with van der Waals surface area (Å²) in [5.74, 6) is 0.608. The van der Waals surface area contributed by atoms with E-state index in [9.17, 15) is 4.79 Å². The van der Waals surface area contributed by atoms with Gasteiger partial charge in [0, 0.05) is 5.56 Å². The predicted octanol–water partition coefficient (Wildman–Crippen LogP) is 4.81. The van der Waals surface area contributed by atoms with Gasteiger partial charge in [0.2, 0.25) is 0 Å². The van der Waals surface area contributed by atoms with E-state index >= 15 is 0 Å². The molecule has 2 rings (SSSR count). The van der Waals surface area contributed by atoms with Crippen LogP contribution in [-0.4, -0.2) is 12.0 Å². The van der Waals surface area contributed by atoms with Gasteiger partial charge in [-0.2, -0.15) is 0 Å². The zero-order valence-corrected chi connectivity index (χ0v) is 13.4. The predicted molar refractivity (Wildman–Crippen MR) is 90.6 cm³/mol. The van der Waals surface area contributed by atoms with Gasteiger partial charge in [0.1, 0.15) is 5.75 Å². The van der Waals surface area contributed by atoms with E-state index in [4.69, 9.17) is 4.74 Å². The van der Waals surface area contributed by atoms with Crippen LogP contribution in [0.4, 0.5) is 5.69 Å². The molecule has 2 aromatic rings. The van der Waals surface area contributed by atoms with Crippen molar-refractivity contribution in [3.8, 4) is 5.75 Å². The molecule has 0 atom stereocenters. The summed E-state index contributed by atoms with van der Waals surface area (Å²) in [4.78, 5) is 12.4. The molecule has 3 heteroatoms. The highest BCUT2D eigenvalue weighted by Gasteiger charge is 2.13. The van der Waals surface area contributed by atoms with Crippen LogP contribution in [0.5, 0.6) is 5.75 Å². The number of anilines is 1.